The van der Waals surface area contributed by atoms with Gasteiger partial charge in [0.25, 0.3) is 11.8 Å². The molecule has 1 unspecified atom stereocenters. The fourth-order valence-electron chi connectivity index (χ4n) is 5.21. The molecule has 3 heterocycles. The van der Waals surface area contributed by atoms with Gasteiger partial charge in [-0.25, -0.2) is 18.0 Å². The standard InChI is InChI=1S/C29H19F6N3O5/c1-28(31,32)13-38-24(17-10-9-16(11-20(17)30)41-14-5-7-15(8-6-14)43-29(33,34)35)22-19(26(38)39)12-36-23(22)18-3-2-4-21-25(18)42-27(40)37-21/h2-11,24H,12-13H2,1H3,(H,37,40). The van der Waals surface area contributed by atoms with E-state index in [4.69, 9.17) is 9.15 Å². The fraction of sp³-hybridized carbons (Fsp3) is 0.207. The molecule has 8 nitrogen and oxygen atoms in total. The number of ether oxygens (including phenoxy) is 2. The second kappa shape index (κ2) is 10.1. The SMILES string of the molecule is CC(F)(F)CN1C(=O)C2=C(C(c3cccc4[nH]c(=O)oc34)=NC2)C1c1ccc(Oc2ccc(OC(F)(F)F)cc2)cc1F. The van der Waals surface area contributed by atoms with E-state index in [9.17, 15) is 31.5 Å². The number of carbonyl (C=O) groups excluding carboxylic acids is 1. The Morgan fingerprint density at radius 3 is 2.37 bits per heavy atom. The molecule has 0 saturated heterocycles. The molecule has 14 heteroatoms. The van der Waals surface area contributed by atoms with Gasteiger partial charge in [0.05, 0.1) is 30.4 Å². The molecule has 222 valence electrons. The zero-order valence-electron chi connectivity index (χ0n) is 22.0. The predicted octanol–water partition coefficient (Wildman–Crippen LogP) is 6.29. The first kappa shape index (κ1) is 28.1. The summed E-state index contributed by atoms with van der Waals surface area (Å²) in [5.41, 5.74) is 1.20. The third-order valence-electron chi connectivity index (χ3n) is 6.79. The monoisotopic (exact) mass is 603 g/mol. The number of aromatic nitrogens is 1. The van der Waals surface area contributed by atoms with Crippen molar-refractivity contribution in [2.24, 2.45) is 4.99 Å². The number of amides is 1. The average molecular weight is 603 g/mol. The van der Waals surface area contributed by atoms with Crippen LogP contribution in [0.25, 0.3) is 11.1 Å². The third kappa shape index (κ3) is 5.47. The number of hydrogen-bond acceptors (Lipinski definition) is 6. The third-order valence-corrected chi connectivity index (χ3v) is 6.79. The van der Waals surface area contributed by atoms with Crippen LogP contribution in [0.15, 0.2) is 86.0 Å². The van der Waals surface area contributed by atoms with E-state index >= 15 is 4.39 Å². The topological polar surface area (TPSA) is 97.1 Å². The van der Waals surface area contributed by atoms with Crippen molar-refractivity contribution in [1.82, 2.24) is 9.88 Å². The molecule has 1 amide bonds. The smallest absolute Gasteiger partial charge is 0.457 e. The Hall–Kier alpha value is -5.01. The lowest BCUT2D eigenvalue weighted by molar-refractivity contribution is -0.274. The van der Waals surface area contributed by atoms with Gasteiger partial charge in [-0.3, -0.25) is 14.8 Å². The van der Waals surface area contributed by atoms with Crippen molar-refractivity contribution < 1.29 is 45.0 Å². The van der Waals surface area contributed by atoms with E-state index in [1.807, 2.05) is 0 Å². The van der Waals surface area contributed by atoms with Gasteiger partial charge < -0.3 is 18.8 Å². The summed E-state index contributed by atoms with van der Waals surface area (Å²) in [5, 5.41) is 0. The lowest BCUT2D eigenvalue weighted by Gasteiger charge is -2.30. The first-order chi connectivity index (χ1) is 20.3. The molecule has 0 fully saturated rings. The highest BCUT2D eigenvalue weighted by atomic mass is 19.4. The van der Waals surface area contributed by atoms with Gasteiger partial charge in [0.1, 0.15) is 23.1 Å². The van der Waals surface area contributed by atoms with E-state index in [1.165, 1.54) is 24.3 Å². The van der Waals surface area contributed by atoms with Gasteiger partial charge in [-0.1, -0.05) is 6.07 Å². The second-order valence-electron chi connectivity index (χ2n) is 9.96. The molecule has 2 aliphatic rings. The van der Waals surface area contributed by atoms with Crippen LogP contribution in [-0.4, -0.2) is 46.9 Å². The van der Waals surface area contributed by atoms with Crippen molar-refractivity contribution in [2.75, 3.05) is 13.1 Å². The van der Waals surface area contributed by atoms with E-state index in [2.05, 4.69) is 14.7 Å². The molecule has 0 aliphatic carbocycles. The average Bonchev–Trinajstić information content (AvgIpc) is 3.57. The molecule has 4 aromatic rings. The normalized spacial score (nSPS) is 17.1. The summed E-state index contributed by atoms with van der Waals surface area (Å²) in [6.45, 7) is -0.513. The van der Waals surface area contributed by atoms with E-state index in [0.29, 0.717) is 18.0 Å². The summed E-state index contributed by atoms with van der Waals surface area (Å²) in [7, 11) is 0. The molecule has 1 aromatic heterocycles. The lowest BCUT2D eigenvalue weighted by atomic mass is 9.91. The number of H-pyrrole nitrogens is 1. The van der Waals surface area contributed by atoms with E-state index in [0.717, 1.165) is 23.1 Å². The lowest BCUT2D eigenvalue weighted by Crippen LogP contribution is -2.40. The highest BCUT2D eigenvalue weighted by Gasteiger charge is 2.48. The molecule has 43 heavy (non-hydrogen) atoms. The first-order valence-electron chi connectivity index (χ1n) is 12.7. The number of benzene rings is 3. The van der Waals surface area contributed by atoms with Gasteiger partial charge in [0, 0.05) is 35.3 Å². The number of fused-ring (bicyclic) bond motifs is 1. The van der Waals surface area contributed by atoms with Crippen LogP contribution in [0.1, 0.15) is 24.1 Å². The molecule has 0 spiro atoms. The van der Waals surface area contributed by atoms with Crippen LogP contribution < -0.4 is 15.2 Å². The molecule has 1 N–H and O–H groups in total. The number of aromatic amines is 1. The number of aliphatic imine (C=N–C) groups is 1. The number of rotatable bonds is 7. The molecule has 6 rings (SSSR count). The maximum Gasteiger partial charge on any atom is 0.573 e. The van der Waals surface area contributed by atoms with Gasteiger partial charge >= 0.3 is 12.1 Å². The van der Waals surface area contributed by atoms with Crippen LogP contribution in [-0.2, 0) is 4.79 Å². The number of hydrogen-bond donors (Lipinski definition) is 1. The summed E-state index contributed by atoms with van der Waals surface area (Å²) in [6, 6.07) is 11.5. The summed E-state index contributed by atoms with van der Waals surface area (Å²) in [5.74, 6) is -6.14. The zero-order valence-corrected chi connectivity index (χ0v) is 22.0. The molecule has 2 aliphatic heterocycles. The quantitative estimate of drug-likeness (QED) is 0.251. The van der Waals surface area contributed by atoms with Gasteiger partial charge in [-0.15, -0.1) is 13.2 Å². The van der Waals surface area contributed by atoms with Crippen molar-refractivity contribution >= 4 is 22.7 Å². The van der Waals surface area contributed by atoms with E-state index in [-0.39, 0.29) is 46.0 Å². The van der Waals surface area contributed by atoms with Crippen molar-refractivity contribution in [1.29, 1.82) is 0 Å². The minimum Gasteiger partial charge on any atom is -0.457 e. The van der Waals surface area contributed by atoms with Crippen LogP contribution in [0.4, 0.5) is 26.3 Å². The van der Waals surface area contributed by atoms with E-state index < -0.39 is 48.1 Å². The van der Waals surface area contributed by atoms with Crippen LogP contribution in [0.2, 0.25) is 0 Å². The van der Waals surface area contributed by atoms with Gasteiger partial charge in [0.15, 0.2) is 5.58 Å². The Labute approximate surface area is 237 Å². The number of carbonyl (C=O) groups is 1. The van der Waals surface area contributed by atoms with Crippen LogP contribution in [0.5, 0.6) is 17.2 Å². The first-order valence-corrected chi connectivity index (χ1v) is 12.7. The summed E-state index contributed by atoms with van der Waals surface area (Å²) in [4.78, 5) is 33.1. The fourth-order valence-corrected chi connectivity index (χ4v) is 5.21. The Bertz CT molecular complexity index is 1870. The molecular formula is C29H19F6N3O5. The molecular weight excluding hydrogens is 584 g/mol. The number of para-hydroxylation sites is 1. The molecule has 0 bridgehead atoms. The predicted molar refractivity (Wildman–Crippen MR) is 140 cm³/mol. The summed E-state index contributed by atoms with van der Waals surface area (Å²) in [6.07, 6.45) is -4.88. The number of oxazole rings is 1. The van der Waals surface area contributed by atoms with Gasteiger partial charge in [-0.05, 0) is 48.5 Å². The van der Waals surface area contributed by atoms with Gasteiger partial charge in [0.2, 0.25) is 0 Å². The molecule has 0 saturated carbocycles. The maximum absolute atomic E-state index is 15.8. The van der Waals surface area contributed by atoms with Crippen molar-refractivity contribution in [3.05, 3.63) is 99.3 Å². The van der Waals surface area contributed by atoms with Crippen LogP contribution in [0.3, 0.4) is 0 Å². The molecule has 1 atom stereocenters. The summed E-state index contributed by atoms with van der Waals surface area (Å²) < 4.78 is 96.2. The Balaban J connectivity index is 1.36. The molecule has 0 radical (unpaired) electrons. The minimum absolute atomic E-state index is 0.0455. The van der Waals surface area contributed by atoms with Crippen molar-refractivity contribution in [2.45, 2.75) is 25.3 Å². The maximum atomic E-state index is 15.8. The summed E-state index contributed by atoms with van der Waals surface area (Å²) >= 11 is 0. The Kier molecular flexibility index (Phi) is 6.58. The highest BCUT2D eigenvalue weighted by Crippen LogP contribution is 2.45. The van der Waals surface area contributed by atoms with Crippen molar-refractivity contribution in [3.8, 4) is 17.2 Å². The number of nitrogens with one attached hydrogen (secondary N) is 1. The van der Waals surface area contributed by atoms with E-state index in [1.54, 1.807) is 18.2 Å². The van der Waals surface area contributed by atoms with Crippen LogP contribution >= 0.6 is 0 Å². The van der Waals surface area contributed by atoms with Gasteiger partial charge in [-0.2, -0.15) is 0 Å². The highest BCUT2D eigenvalue weighted by molar-refractivity contribution is 6.25. The van der Waals surface area contributed by atoms with Crippen LogP contribution in [0, 0.1) is 5.82 Å². The van der Waals surface area contributed by atoms with Crippen molar-refractivity contribution in [3.63, 3.8) is 0 Å². The Morgan fingerprint density at radius 1 is 1.00 bits per heavy atom. The number of halogens is 6. The Morgan fingerprint density at radius 2 is 1.70 bits per heavy atom. The minimum atomic E-state index is -4.88. The second-order valence-corrected chi connectivity index (χ2v) is 9.96. The molecule has 3 aromatic carbocycles. The number of nitrogens with zero attached hydrogens (tertiary/aromatic N) is 2. The zero-order chi connectivity index (χ0) is 30.7. The number of alkyl halides is 5. The largest absolute Gasteiger partial charge is 0.573 e.